The minimum absolute atomic E-state index is 0. The molecule has 0 aliphatic rings. The standard InChI is InChI=1S/Ce.NO3.5H2O/c;2-1(3)4;;;;;/h;;5*1H2/q+3;-1;;;;;. The molecule has 0 amide bonds. The van der Waals surface area contributed by atoms with E-state index in [0.29, 0.717) is 0 Å². The van der Waals surface area contributed by atoms with E-state index in [1.54, 1.807) is 0 Å². The summed E-state index contributed by atoms with van der Waals surface area (Å²) in [7, 11) is 0. The molecule has 0 saturated heterocycles. The van der Waals surface area contributed by atoms with Crippen LogP contribution in [0.4, 0.5) is 0 Å². The fraction of sp³-hybridized carbons (Fsp3) is 0. The van der Waals surface area contributed by atoms with Crippen LogP contribution in [0.25, 0.3) is 0 Å². The summed E-state index contributed by atoms with van der Waals surface area (Å²) >= 11 is 0. The Balaban J connectivity index is -0.00000000300. The van der Waals surface area contributed by atoms with E-state index in [1.165, 1.54) is 0 Å². The number of hydrogen-bond acceptors (Lipinski definition) is 3. The maximum Gasteiger partial charge on any atom is 3.00 e. The zero-order valence-corrected chi connectivity index (χ0v) is 7.81. The van der Waals surface area contributed by atoms with Gasteiger partial charge in [-0.3, -0.25) is 0 Å². The first-order valence-corrected chi connectivity index (χ1v) is 0.548. The molecule has 0 saturated carbocycles. The van der Waals surface area contributed by atoms with Gasteiger partial charge in [-0.15, -0.1) is 0 Å². The average Bonchev–Trinajstić information content (AvgIpc) is 0.811. The van der Waals surface area contributed by atoms with Gasteiger partial charge in [0.1, 0.15) is 0 Å². The Morgan fingerprint density at radius 2 is 0.800 bits per heavy atom. The summed E-state index contributed by atoms with van der Waals surface area (Å²) in [5.41, 5.74) is 0. The molecule has 1 radical (unpaired) electrons. The van der Waals surface area contributed by atoms with Gasteiger partial charge in [0.25, 0.3) is 0 Å². The molecule has 10 heavy (non-hydrogen) atoms. The molecule has 0 aliphatic carbocycles. The SMILES string of the molecule is O.O.O.O.O.O=[N+]([O-])[O-].[Ce+3]. The largest absolute Gasteiger partial charge is 3.00 e. The normalized spacial score (nSPS) is 2.40. The molecule has 0 fully saturated rings. The van der Waals surface area contributed by atoms with Gasteiger partial charge >= 0.3 is 41.7 Å². The summed E-state index contributed by atoms with van der Waals surface area (Å²) in [6.45, 7) is 0. The summed E-state index contributed by atoms with van der Waals surface area (Å²) in [4.78, 5) is 8.25. The van der Waals surface area contributed by atoms with E-state index in [4.69, 9.17) is 15.3 Å². The second-order valence-electron chi connectivity index (χ2n) is 0.224. The van der Waals surface area contributed by atoms with Gasteiger partial charge in [0, 0.05) is 0 Å². The Kier molecular flexibility index (Phi) is 462. The fourth-order valence-electron chi connectivity index (χ4n) is 0. The molecular weight excluding hydrogens is 282 g/mol. The Bertz CT molecular complexity index is 32.2. The quantitative estimate of drug-likeness (QED) is 0.318. The van der Waals surface area contributed by atoms with E-state index in [2.05, 4.69) is 0 Å². The second kappa shape index (κ2) is 57.7. The van der Waals surface area contributed by atoms with Gasteiger partial charge in [-0.25, -0.2) is 0 Å². The van der Waals surface area contributed by atoms with Gasteiger partial charge in [-0.2, -0.15) is 0 Å². The van der Waals surface area contributed by atoms with E-state index in [1.807, 2.05) is 0 Å². The van der Waals surface area contributed by atoms with Crippen LogP contribution >= 0.6 is 0 Å². The molecule has 10 heteroatoms. The smallest absolute Gasteiger partial charge is 0.412 e. The number of hydrogen-bond donors (Lipinski definition) is 0. The maximum atomic E-state index is 8.25. The van der Waals surface area contributed by atoms with Gasteiger partial charge in [0.05, 0.1) is 5.09 Å². The van der Waals surface area contributed by atoms with E-state index >= 15 is 0 Å². The third kappa shape index (κ3) is 3210. The number of nitrogens with zero attached hydrogens (tertiary/aromatic N) is 1. The van der Waals surface area contributed by atoms with Crippen molar-refractivity contribution in [1.82, 2.24) is 0 Å². The van der Waals surface area contributed by atoms with Crippen molar-refractivity contribution in [3.63, 3.8) is 0 Å². The Morgan fingerprint density at radius 3 is 0.800 bits per heavy atom. The van der Waals surface area contributed by atoms with E-state index < -0.39 is 5.09 Å². The molecule has 0 atom stereocenters. The predicted octanol–water partition coefficient (Wildman–Crippen LogP) is -4.36. The van der Waals surface area contributed by atoms with Gasteiger partial charge in [-0.05, 0) is 0 Å². The Morgan fingerprint density at radius 1 is 0.800 bits per heavy atom. The van der Waals surface area contributed by atoms with Gasteiger partial charge in [0.2, 0.25) is 0 Å². The molecule has 0 spiro atoms. The molecule has 65 valence electrons. The van der Waals surface area contributed by atoms with Crippen molar-refractivity contribution in [2.45, 2.75) is 0 Å². The molecule has 0 bridgehead atoms. The van der Waals surface area contributed by atoms with Crippen molar-refractivity contribution >= 4 is 0 Å². The van der Waals surface area contributed by atoms with Crippen LogP contribution in [-0.4, -0.2) is 32.5 Å². The summed E-state index contributed by atoms with van der Waals surface area (Å²) in [5.74, 6) is 0. The first kappa shape index (κ1) is 80.0. The zero-order valence-electron chi connectivity index (χ0n) is 4.67. The van der Waals surface area contributed by atoms with Crippen LogP contribution in [0, 0.1) is 57.1 Å². The summed E-state index contributed by atoms with van der Waals surface area (Å²) in [6, 6.07) is 0. The van der Waals surface area contributed by atoms with Gasteiger partial charge in [-0.1, -0.05) is 0 Å². The van der Waals surface area contributed by atoms with Crippen LogP contribution in [0.15, 0.2) is 0 Å². The summed E-state index contributed by atoms with van der Waals surface area (Å²) < 4.78 is 0. The minimum atomic E-state index is -1.75. The Hall–Kier alpha value is 0.377. The molecule has 0 aromatic carbocycles. The molecular formula is H10CeNO8+2. The zero-order chi connectivity index (χ0) is 3.58. The van der Waals surface area contributed by atoms with Crippen molar-refractivity contribution in [3.05, 3.63) is 15.3 Å². The van der Waals surface area contributed by atoms with Crippen molar-refractivity contribution in [2.24, 2.45) is 0 Å². The van der Waals surface area contributed by atoms with Gasteiger partial charge < -0.3 is 42.7 Å². The fourth-order valence-corrected chi connectivity index (χ4v) is 0. The second-order valence-corrected chi connectivity index (χ2v) is 0.224. The van der Waals surface area contributed by atoms with E-state index in [9.17, 15) is 0 Å². The van der Waals surface area contributed by atoms with Crippen molar-refractivity contribution < 1.29 is 74.2 Å². The molecule has 10 N–H and O–H groups in total. The summed E-state index contributed by atoms with van der Waals surface area (Å²) in [5, 5.41) is 14.8. The first-order chi connectivity index (χ1) is 1.73. The molecule has 0 aliphatic heterocycles. The van der Waals surface area contributed by atoms with Crippen LogP contribution in [0.3, 0.4) is 0 Å². The summed E-state index contributed by atoms with van der Waals surface area (Å²) in [6.07, 6.45) is 0. The van der Waals surface area contributed by atoms with Crippen LogP contribution < -0.4 is 0 Å². The van der Waals surface area contributed by atoms with E-state index in [0.717, 1.165) is 0 Å². The van der Waals surface area contributed by atoms with Crippen LogP contribution in [0.1, 0.15) is 0 Å². The third-order valence-corrected chi connectivity index (χ3v) is 0. The molecule has 0 aromatic heterocycles. The Labute approximate surface area is 89.1 Å². The predicted molar refractivity (Wildman–Crippen MR) is 28.4 cm³/mol. The van der Waals surface area contributed by atoms with Gasteiger partial charge in [0.15, 0.2) is 0 Å². The topological polar surface area (TPSA) is 224 Å². The van der Waals surface area contributed by atoms with Crippen molar-refractivity contribution in [3.8, 4) is 0 Å². The third-order valence-electron chi connectivity index (χ3n) is 0. The molecule has 0 aromatic rings. The average molecular weight is 292 g/mol. The van der Waals surface area contributed by atoms with Crippen LogP contribution in [-0.2, 0) is 0 Å². The first-order valence-electron chi connectivity index (χ1n) is 0.548. The van der Waals surface area contributed by atoms with E-state index in [-0.39, 0.29) is 69.1 Å². The molecule has 9 nitrogen and oxygen atoms in total. The van der Waals surface area contributed by atoms with Crippen LogP contribution in [0.5, 0.6) is 0 Å². The maximum absolute atomic E-state index is 8.25. The molecule has 0 unspecified atom stereocenters. The van der Waals surface area contributed by atoms with Crippen molar-refractivity contribution in [1.29, 1.82) is 0 Å². The molecule has 0 heterocycles. The van der Waals surface area contributed by atoms with Crippen LogP contribution in [0.2, 0.25) is 0 Å². The number of rotatable bonds is 0. The monoisotopic (exact) mass is 292 g/mol. The van der Waals surface area contributed by atoms with Crippen molar-refractivity contribution in [2.75, 3.05) is 0 Å². The molecule has 0 rings (SSSR count). The minimum Gasteiger partial charge on any atom is -0.412 e.